The van der Waals surface area contributed by atoms with Crippen LogP contribution in [0.15, 0.2) is 59.5 Å². The van der Waals surface area contributed by atoms with E-state index in [1.807, 2.05) is 6.20 Å². The number of benzene rings is 2. The van der Waals surface area contributed by atoms with E-state index in [0.29, 0.717) is 11.2 Å². The Morgan fingerprint density at radius 1 is 0.717 bits per heavy atom. The summed E-state index contributed by atoms with van der Waals surface area (Å²) in [4.78, 5) is 17.4. The van der Waals surface area contributed by atoms with Gasteiger partial charge < -0.3 is 18.0 Å². The lowest BCUT2D eigenvalue weighted by Gasteiger charge is -2.44. The van der Waals surface area contributed by atoms with Crippen molar-refractivity contribution >= 4 is 37.2 Å². The van der Waals surface area contributed by atoms with E-state index in [9.17, 15) is 4.79 Å². The summed E-state index contributed by atoms with van der Waals surface area (Å²) in [6.07, 6.45) is 1.63. The summed E-state index contributed by atoms with van der Waals surface area (Å²) >= 11 is 6.03. The second-order valence-electron chi connectivity index (χ2n) is 19.9. The van der Waals surface area contributed by atoms with Crippen LogP contribution in [0.25, 0.3) is 0 Å². The van der Waals surface area contributed by atoms with Crippen LogP contribution in [0.1, 0.15) is 102 Å². The van der Waals surface area contributed by atoms with Gasteiger partial charge in [0.1, 0.15) is 23.0 Å². The van der Waals surface area contributed by atoms with Crippen molar-refractivity contribution in [3.05, 3.63) is 97.7 Å². The van der Waals surface area contributed by atoms with Crippen LogP contribution in [0.2, 0.25) is 54.4 Å². The first-order valence-corrected chi connectivity index (χ1v) is 28.5. The van der Waals surface area contributed by atoms with Crippen molar-refractivity contribution < 1.29 is 18.0 Å². The molecule has 5 rings (SSSR count). The molecule has 2 aromatic carbocycles. The molecule has 1 aliphatic carbocycles. The van der Waals surface area contributed by atoms with Crippen molar-refractivity contribution in [2.24, 2.45) is 0 Å². The number of ether oxygens (including phenoxy) is 1. The number of rotatable bonds is 9. The van der Waals surface area contributed by atoms with E-state index in [1.165, 1.54) is 22.3 Å². The largest absolute Gasteiger partial charge is 0.414 e. The fourth-order valence-electron chi connectivity index (χ4n) is 6.63. The number of aromatic nitrogens is 2. The Labute approximate surface area is 327 Å². The zero-order valence-electron chi connectivity index (χ0n) is 35.1. The third kappa shape index (κ3) is 8.57. The molecule has 53 heavy (non-hydrogen) atoms. The van der Waals surface area contributed by atoms with Gasteiger partial charge in [0, 0.05) is 17.7 Å². The van der Waals surface area contributed by atoms with Crippen molar-refractivity contribution in [1.82, 2.24) is 9.55 Å². The molecular weight excluding hydrogens is 729 g/mol. The number of fused-ring (bicyclic) bond motifs is 2. The third-order valence-electron chi connectivity index (χ3n) is 13.2. The Bertz CT molecular complexity index is 1850. The van der Waals surface area contributed by atoms with Gasteiger partial charge in [0.25, 0.3) is 0 Å². The predicted octanol–water partition coefficient (Wildman–Crippen LogP) is 10.9. The van der Waals surface area contributed by atoms with Gasteiger partial charge in [-0.3, -0.25) is 9.55 Å². The molecule has 0 saturated carbocycles. The summed E-state index contributed by atoms with van der Waals surface area (Å²) in [5, 5.41) is -0.127. The molecule has 1 aromatic heterocycles. The summed E-state index contributed by atoms with van der Waals surface area (Å²) in [6, 6.07) is 17.3. The zero-order valence-corrected chi connectivity index (χ0v) is 38.9. The van der Waals surface area contributed by atoms with Gasteiger partial charge in [0.15, 0.2) is 31.2 Å². The topological polar surface area (TPSA) is 74.7 Å². The normalized spacial score (nSPS) is 22.0. The lowest BCUT2D eigenvalue weighted by Crippen LogP contribution is -2.54. The second-order valence-corrected chi connectivity index (χ2v) is 34.6. The molecule has 0 spiro atoms. The van der Waals surface area contributed by atoms with Gasteiger partial charge in [0.2, 0.25) is 0 Å². The molecule has 1 N–H and O–H groups in total. The number of H-pyrrole nitrogens is 1. The van der Waals surface area contributed by atoms with Crippen molar-refractivity contribution in [3.63, 3.8) is 0 Å². The smallest absolute Gasteiger partial charge is 0.328 e. The Morgan fingerprint density at radius 3 is 1.64 bits per heavy atom. The summed E-state index contributed by atoms with van der Waals surface area (Å²) in [6.45, 7) is 34.2. The fourth-order valence-corrected chi connectivity index (χ4v) is 10.5. The molecule has 2 heterocycles. The first-order valence-electron chi connectivity index (χ1n) is 19.4. The predicted molar refractivity (Wildman–Crippen MR) is 228 cm³/mol. The molecule has 1 fully saturated rings. The van der Waals surface area contributed by atoms with E-state index >= 15 is 0 Å². The van der Waals surface area contributed by atoms with Gasteiger partial charge in [-0.1, -0.05) is 123 Å². The minimum absolute atomic E-state index is 0.0171. The third-order valence-corrected chi connectivity index (χ3v) is 26.9. The van der Waals surface area contributed by atoms with E-state index < -0.39 is 49.5 Å². The minimum Gasteiger partial charge on any atom is -0.414 e. The molecule has 1 saturated heterocycles. The Hall–Kier alpha value is -1.97. The quantitative estimate of drug-likeness (QED) is 0.172. The highest BCUT2D eigenvalue weighted by Gasteiger charge is 2.55. The van der Waals surface area contributed by atoms with Crippen LogP contribution in [0.4, 0.5) is 0 Å². The minimum atomic E-state index is -2.43. The molecular formula is C42H66N2O5SSi3. The molecule has 2 aliphatic rings. The highest BCUT2D eigenvalue weighted by Crippen LogP contribution is 2.47. The molecule has 1 aliphatic heterocycles. The lowest BCUT2D eigenvalue weighted by atomic mass is 9.84. The molecule has 292 valence electrons. The maximum absolute atomic E-state index is 14.3. The molecule has 3 aromatic rings. The molecule has 0 bridgehead atoms. The monoisotopic (exact) mass is 794 g/mol. The highest BCUT2D eigenvalue weighted by molar-refractivity contribution is 7.71. The first kappa shape index (κ1) is 42.2. The summed E-state index contributed by atoms with van der Waals surface area (Å²) in [5.41, 5.74) is 5.57. The van der Waals surface area contributed by atoms with Crippen LogP contribution in [0, 0.1) is 4.64 Å². The molecule has 0 amide bonds. The van der Waals surface area contributed by atoms with Crippen molar-refractivity contribution in [1.29, 1.82) is 0 Å². The number of hydrogen-bond donors (Lipinski definition) is 1. The lowest BCUT2D eigenvalue weighted by molar-refractivity contribution is -0.0511. The van der Waals surface area contributed by atoms with Crippen molar-refractivity contribution in [2.75, 3.05) is 6.61 Å². The Morgan fingerprint density at radius 2 is 1.17 bits per heavy atom. The van der Waals surface area contributed by atoms with Gasteiger partial charge in [-0.15, -0.1) is 0 Å². The number of nitrogens with zero attached hydrogens (tertiary/aromatic N) is 1. The van der Waals surface area contributed by atoms with Gasteiger partial charge in [0.05, 0.1) is 6.61 Å². The SMILES string of the molecule is CC(C)(C)[Si](C)(C)OC[C@H]1O[C@@H](n2cc(C3c4ccccc4CCc4ccccc43)c(=S)[nH]c2=O)[C@H](O[Si](C)(C)C(C)(C)C)[C@@H]1O[Si](C)(C)C(C)(C)C. The Kier molecular flexibility index (Phi) is 11.8. The van der Waals surface area contributed by atoms with Crippen molar-refractivity contribution in [2.45, 2.75) is 160 Å². The van der Waals surface area contributed by atoms with E-state index in [1.54, 1.807) is 4.57 Å². The zero-order chi connectivity index (χ0) is 39.5. The molecule has 11 heteroatoms. The maximum Gasteiger partial charge on any atom is 0.328 e. The van der Waals surface area contributed by atoms with Crippen LogP contribution < -0.4 is 5.69 Å². The van der Waals surface area contributed by atoms with Crippen LogP contribution >= 0.6 is 12.2 Å². The number of aromatic amines is 1. The molecule has 0 unspecified atom stereocenters. The van der Waals surface area contributed by atoms with Gasteiger partial charge in [-0.2, -0.15) is 0 Å². The second kappa shape index (κ2) is 14.8. The summed E-state index contributed by atoms with van der Waals surface area (Å²) < 4.78 is 30.9. The van der Waals surface area contributed by atoms with E-state index in [2.05, 4.69) is 155 Å². The number of aryl methyl sites for hydroxylation is 2. The van der Waals surface area contributed by atoms with Crippen LogP contribution in [-0.4, -0.2) is 59.4 Å². The van der Waals surface area contributed by atoms with E-state index in [-0.39, 0.29) is 26.7 Å². The van der Waals surface area contributed by atoms with E-state index in [4.69, 9.17) is 30.2 Å². The molecule has 0 radical (unpaired) electrons. The number of hydrogen-bond acceptors (Lipinski definition) is 6. The molecule has 7 nitrogen and oxygen atoms in total. The summed E-state index contributed by atoms with van der Waals surface area (Å²) in [5.74, 6) is -0.154. The average Bonchev–Trinajstić information content (AvgIpc) is 3.24. The highest BCUT2D eigenvalue weighted by atomic mass is 32.1. The van der Waals surface area contributed by atoms with Gasteiger partial charge in [-0.25, -0.2) is 4.79 Å². The van der Waals surface area contributed by atoms with Gasteiger partial charge >= 0.3 is 5.69 Å². The van der Waals surface area contributed by atoms with Crippen LogP contribution in [0.3, 0.4) is 0 Å². The van der Waals surface area contributed by atoms with E-state index in [0.717, 1.165) is 18.4 Å². The van der Waals surface area contributed by atoms with Crippen molar-refractivity contribution in [3.8, 4) is 0 Å². The number of nitrogens with one attached hydrogen (secondary N) is 1. The Balaban J connectivity index is 1.71. The van der Waals surface area contributed by atoms with Crippen LogP contribution in [0.5, 0.6) is 0 Å². The molecule has 4 atom stereocenters. The maximum atomic E-state index is 14.3. The standard InChI is InChI=1S/C42H66N2O5SSi3/c1-40(2,3)51(10,11)46-27-33-35(48-52(12,13)41(4,5)6)36(49-53(14,15)42(7,8)9)38(47-33)44-26-32(37(50)43-39(44)45)34-30-22-18-16-20-28(30)24-25-29-21-17-19-23-31(29)34/h16-23,26,33-36,38H,24-25,27H2,1-15H3,(H,43,45,50)/t33-,35-,36-,38-/m1/s1. The average molecular weight is 795 g/mol. The summed E-state index contributed by atoms with van der Waals surface area (Å²) in [7, 11) is -6.95. The van der Waals surface area contributed by atoms with Crippen LogP contribution in [-0.2, 0) is 30.9 Å². The first-order chi connectivity index (χ1) is 24.3. The fraction of sp³-hybridized carbons (Fsp3) is 0.619. The van der Waals surface area contributed by atoms with Gasteiger partial charge in [-0.05, 0) is 89.5 Å².